The second kappa shape index (κ2) is 5.47. The Balaban J connectivity index is 1.94. The second-order valence-electron chi connectivity index (χ2n) is 3.69. The van der Waals surface area contributed by atoms with Gasteiger partial charge in [-0.25, -0.2) is 0 Å². The first kappa shape index (κ1) is 12.3. The standard InChI is InChI=1S/C13H12BrIO/c14-12-6-8-13(15,9-7-12)16-10-11-4-2-1-3-5-11/h1-8H,9-10H2. The molecule has 1 nitrogen and oxygen atoms in total. The maximum Gasteiger partial charge on any atom is 0.141 e. The zero-order valence-electron chi connectivity index (χ0n) is 8.70. The number of rotatable bonds is 3. The van der Waals surface area contributed by atoms with Crippen molar-refractivity contribution in [1.29, 1.82) is 0 Å². The maximum absolute atomic E-state index is 5.94. The Kier molecular flexibility index (Phi) is 4.21. The molecule has 2 rings (SSSR count). The summed E-state index contributed by atoms with van der Waals surface area (Å²) in [4.78, 5) is 0. The van der Waals surface area contributed by atoms with Crippen LogP contribution >= 0.6 is 38.5 Å². The Morgan fingerprint density at radius 3 is 2.69 bits per heavy atom. The molecule has 0 radical (unpaired) electrons. The van der Waals surface area contributed by atoms with Crippen molar-refractivity contribution in [2.75, 3.05) is 0 Å². The summed E-state index contributed by atoms with van der Waals surface area (Å²) in [5, 5.41) is 0. The summed E-state index contributed by atoms with van der Waals surface area (Å²) in [6.07, 6.45) is 7.18. The van der Waals surface area contributed by atoms with Crippen LogP contribution in [0.3, 0.4) is 0 Å². The first-order chi connectivity index (χ1) is 7.68. The molecule has 16 heavy (non-hydrogen) atoms. The average Bonchev–Trinajstić information content (AvgIpc) is 2.33. The Morgan fingerprint density at radius 2 is 2.06 bits per heavy atom. The van der Waals surface area contributed by atoms with Crippen LogP contribution in [0.5, 0.6) is 0 Å². The molecule has 1 unspecified atom stereocenters. The van der Waals surface area contributed by atoms with Gasteiger partial charge in [-0.05, 0) is 40.3 Å². The van der Waals surface area contributed by atoms with Gasteiger partial charge in [0.15, 0.2) is 0 Å². The molecule has 0 saturated heterocycles. The summed E-state index contributed by atoms with van der Waals surface area (Å²) < 4.78 is 6.86. The lowest BCUT2D eigenvalue weighted by Gasteiger charge is -2.25. The Hall–Kier alpha value is -0.130. The highest BCUT2D eigenvalue weighted by Crippen LogP contribution is 2.33. The van der Waals surface area contributed by atoms with Crippen molar-refractivity contribution >= 4 is 38.5 Å². The molecule has 0 heterocycles. The summed E-state index contributed by atoms with van der Waals surface area (Å²) in [7, 11) is 0. The summed E-state index contributed by atoms with van der Waals surface area (Å²) in [6, 6.07) is 10.2. The van der Waals surface area contributed by atoms with E-state index in [0.717, 1.165) is 10.9 Å². The summed E-state index contributed by atoms with van der Waals surface area (Å²) in [5.74, 6) is 0. The van der Waals surface area contributed by atoms with Gasteiger partial charge < -0.3 is 4.74 Å². The Morgan fingerprint density at radius 1 is 1.31 bits per heavy atom. The smallest absolute Gasteiger partial charge is 0.141 e. The predicted octanol–water partition coefficient (Wildman–Crippen LogP) is 4.57. The van der Waals surface area contributed by atoms with Gasteiger partial charge in [0.1, 0.15) is 3.61 Å². The molecule has 1 atom stereocenters. The van der Waals surface area contributed by atoms with Crippen LogP contribution in [0.1, 0.15) is 12.0 Å². The third-order valence-corrected chi connectivity index (χ3v) is 4.09. The van der Waals surface area contributed by atoms with Gasteiger partial charge in [-0.2, -0.15) is 0 Å². The summed E-state index contributed by atoms with van der Waals surface area (Å²) in [5.41, 5.74) is 1.21. The van der Waals surface area contributed by atoms with E-state index in [1.165, 1.54) is 5.56 Å². The van der Waals surface area contributed by atoms with Crippen molar-refractivity contribution < 1.29 is 4.74 Å². The SMILES string of the molecule is BrC1=CCC(I)(OCc2ccccc2)C=C1. The fourth-order valence-electron chi connectivity index (χ4n) is 1.46. The lowest BCUT2D eigenvalue weighted by atomic mass is 10.1. The molecule has 0 aromatic heterocycles. The number of hydrogen-bond donors (Lipinski definition) is 0. The summed E-state index contributed by atoms with van der Waals surface area (Å²) >= 11 is 5.80. The fraction of sp³-hybridized carbons (Fsp3) is 0.231. The minimum absolute atomic E-state index is 0.204. The first-order valence-electron chi connectivity index (χ1n) is 5.10. The van der Waals surface area contributed by atoms with Crippen molar-refractivity contribution in [1.82, 2.24) is 0 Å². The molecule has 0 saturated carbocycles. The van der Waals surface area contributed by atoms with E-state index < -0.39 is 0 Å². The highest BCUT2D eigenvalue weighted by atomic mass is 127. The fourth-order valence-corrected chi connectivity index (χ4v) is 2.31. The third kappa shape index (κ3) is 3.43. The molecule has 1 aliphatic rings. The van der Waals surface area contributed by atoms with E-state index in [2.05, 4.69) is 62.8 Å². The molecule has 1 aliphatic carbocycles. The van der Waals surface area contributed by atoms with Gasteiger partial charge in [0, 0.05) is 10.9 Å². The number of alkyl halides is 1. The predicted molar refractivity (Wildman–Crippen MR) is 78.7 cm³/mol. The topological polar surface area (TPSA) is 9.23 Å². The second-order valence-corrected chi connectivity index (χ2v) is 6.43. The van der Waals surface area contributed by atoms with Gasteiger partial charge >= 0.3 is 0 Å². The van der Waals surface area contributed by atoms with Crippen molar-refractivity contribution in [2.45, 2.75) is 16.6 Å². The van der Waals surface area contributed by atoms with Crippen molar-refractivity contribution in [3.05, 3.63) is 58.6 Å². The van der Waals surface area contributed by atoms with Crippen LogP contribution in [0.4, 0.5) is 0 Å². The lowest BCUT2D eigenvalue weighted by molar-refractivity contribution is 0.0606. The van der Waals surface area contributed by atoms with E-state index in [9.17, 15) is 0 Å². The zero-order chi connectivity index (χ0) is 11.4. The average molecular weight is 391 g/mol. The van der Waals surface area contributed by atoms with Crippen LogP contribution in [0.15, 0.2) is 53.0 Å². The maximum atomic E-state index is 5.94. The van der Waals surface area contributed by atoms with E-state index in [0.29, 0.717) is 6.61 Å². The molecule has 0 bridgehead atoms. The first-order valence-corrected chi connectivity index (χ1v) is 6.97. The number of halogens is 2. The van der Waals surface area contributed by atoms with Crippen molar-refractivity contribution in [3.8, 4) is 0 Å². The van der Waals surface area contributed by atoms with E-state index in [-0.39, 0.29) is 3.61 Å². The Labute approximate surface area is 118 Å². The highest BCUT2D eigenvalue weighted by Gasteiger charge is 2.24. The van der Waals surface area contributed by atoms with Gasteiger partial charge in [-0.3, -0.25) is 0 Å². The number of hydrogen-bond acceptors (Lipinski definition) is 1. The minimum Gasteiger partial charge on any atom is -0.356 e. The van der Waals surface area contributed by atoms with Crippen molar-refractivity contribution in [3.63, 3.8) is 0 Å². The molecule has 0 N–H and O–H groups in total. The largest absolute Gasteiger partial charge is 0.356 e. The number of benzene rings is 1. The van der Waals surface area contributed by atoms with E-state index in [1.54, 1.807) is 0 Å². The summed E-state index contributed by atoms with van der Waals surface area (Å²) in [6.45, 7) is 0.652. The molecule has 84 valence electrons. The molecule has 1 aromatic rings. The number of allylic oxidation sites excluding steroid dienone is 2. The molecular weight excluding hydrogens is 379 g/mol. The van der Waals surface area contributed by atoms with Crippen LogP contribution < -0.4 is 0 Å². The van der Waals surface area contributed by atoms with Gasteiger partial charge in [0.2, 0.25) is 0 Å². The zero-order valence-corrected chi connectivity index (χ0v) is 12.4. The molecule has 0 spiro atoms. The van der Waals surface area contributed by atoms with Gasteiger partial charge in [-0.15, -0.1) is 0 Å². The normalized spacial score (nSPS) is 24.2. The molecular formula is C13H12BrIO. The molecule has 0 aliphatic heterocycles. The van der Waals surface area contributed by atoms with Crippen LogP contribution in [0.25, 0.3) is 0 Å². The van der Waals surface area contributed by atoms with Crippen LogP contribution in [0.2, 0.25) is 0 Å². The van der Waals surface area contributed by atoms with Gasteiger partial charge in [-0.1, -0.05) is 52.3 Å². The number of ether oxygens (including phenoxy) is 1. The molecule has 0 amide bonds. The molecule has 0 fully saturated rings. The highest BCUT2D eigenvalue weighted by molar-refractivity contribution is 14.1. The van der Waals surface area contributed by atoms with E-state index in [4.69, 9.17) is 4.74 Å². The van der Waals surface area contributed by atoms with Crippen molar-refractivity contribution in [2.24, 2.45) is 0 Å². The minimum atomic E-state index is -0.204. The Bertz CT molecular complexity index is 413. The molecule has 3 heteroatoms. The molecule has 1 aromatic carbocycles. The van der Waals surface area contributed by atoms with E-state index in [1.807, 2.05) is 24.3 Å². The monoisotopic (exact) mass is 390 g/mol. The van der Waals surface area contributed by atoms with Crippen LogP contribution in [-0.2, 0) is 11.3 Å². The van der Waals surface area contributed by atoms with Gasteiger partial charge in [0.25, 0.3) is 0 Å². The van der Waals surface area contributed by atoms with Gasteiger partial charge in [0.05, 0.1) is 6.61 Å². The van der Waals surface area contributed by atoms with E-state index >= 15 is 0 Å². The third-order valence-electron chi connectivity index (χ3n) is 2.39. The van der Waals surface area contributed by atoms with Crippen LogP contribution in [0, 0.1) is 0 Å². The lowest BCUT2D eigenvalue weighted by Crippen LogP contribution is -2.22. The quantitative estimate of drug-likeness (QED) is 0.542. The van der Waals surface area contributed by atoms with Crippen LogP contribution in [-0.4, -0.2) is 3.61 Å².